The third-order valence-electron chi connectivity index (χ3n) is 4.82. The summed E-state index contributed by atoms with van der Waals surface area (Å²) in [5.41, 5.74) is 10.7. The van der Waals surface area contributed by atoms with E-state index >= 15 is 0 Å². The number of H-pyrrole nitrogens is 1. The molecule has 0 spiro atoms. The van der Waals surface area contributed by atoms with Crippen LogP contribution in [0.1, 0.15) is 28.3 Å². The van der Waals surface area contributed by atoms with E-state index in [0.29, 0.717) is 23.6 Å². The molecule has 0 unspecified atom stereocenters. The highest BCUT2D eigenvalue weighted by Gasteiger charge is 2.34. The van der Waals surface area contributed by atoms with Crippen molar-refractivity contribution >= 4 is 11.8 Å². The van der Waals surface area contributed by atoms with Crippen LogP contribution in [0.4, 0.5) is 0 Å². The average molecular weight is 388 g/mol. The van der Waals surface area contributed by atoms with Crippen molar-refractivity contribution in [3.05, 3.63) is 88.4 Å². The Labute approximate surface area is 168 Å². The molecular weight excluding hydrogens is 368 g/mol. The van der Waals surface area contributed by atoms with Crippen LogP contribution >= 0.6 is 11.8 Å². The fraction of sp³-hybridized carbons (Fsp3) is 0.182. The van der Waals surface area contributed by atoms with Crippen LogP contribution in [0.2, 0.25) is 0 Å². The van der Waals surface area contributed by atoms with Crippen LogP contribution in [-0.2, 0) is 12.2 Å². The Kier molecular flexibility index (Phi) is 5.09. The maximum atomic E-state index is 9.69. The lowest BCUT2D eigenvalue weighted by Gasteiger charge is -2.23. The first kappa shape index (κ1) is 18.2. The van der Waals surface area contributed by atoms with Gasteiger partial charge in [-0.25, -0.2) is 0 Å². The molecule has 1 atom stereocenters. The Hall–Kier alpha value is -3.17. The maximum absolute atomic E-state index is 9.69. The molecule has 1 aliphatic heterocycles. The van der Waals surface area contributed by atoms with Crippen LogP contribution in [0.3, 0.4) is 0 Å². The van der Waals surface area contributed by atoms with Crippen molar-refractivity contribution in [2.75, 3.05) is 0 Å². The smallest absolute Gasteiger partial charge is 0.243 e. The summed E-state index contributed by atoms with van der Waals surface area (Å²) in [4.78, 5) is 1.18. The minimum Gasteiger partial charge on any atom is -0.420 e. The van der Waals surface area contributed by atoms with Crippen LogP contribution < -0.4 is 10.5 Å². The molecule has 2 aromatic carbocycles. The molecule has 0 bridgehead atoms. The van der Waals surface area contributed by atoms with Crippen LogP contribution in [0.5, 0.6) is 5.88 Å². The number of benzene rings is 2. The monoisotopic (exact) mass is 388 g/mol. The van der Waals surface area contributed by atoms with Gasteiger partial charge in [-0.3, -0.25) is 5.10 Å². The molecule has 0 radical (unpaired) electrons. The van der Waals surface area contributed by atoms with E-state index in [4.69, 9.17) is 10.5 Å². The number of nitriles is 1. The normalized spacial score (nSPS) is 15.6. The van der Waals surface area contributed by atoms with Gasteiger partial charge >= 0.3 is 0 Å². The Morgan fingerprint density at radius 2 is 1.93 bits per heavy atom. The van der Waals surface area contributed by atoms with Crippen molar-refractivity contribution in [3.63, 3.8) is 0 Å². The van der Waals surface area contributed by atoms with E-state index in [2.05, 4.69) is 59.6 Å². The Morgan fingerprint density at radius 1 is 1.18 bits per heavy atom. The van der Waals surface area contributed by atoms with Crippen molar-refractivity contribution in [1.29, 1.82) is 5.26 Å². The average Bonchev–Trinajstić information content (AvgIpc) is 3.11. The first-order valence-electron chi connectivity index (χ1n) is 9.04. The van der Waals surface area contributed by atoms with Gasteiger partial charge in [0.25, 0.3) is 0 Å². The van der Waals surface area contributed by atoms with Crippen LogP contribution in [0, 0.1) is 18.3 Å². The van der Waals surface area contributed by atoms with E-state index in [1.165, 1.54) is 10.5 Å². The number of nitrogens with zero attached hydrogens (tertiary/aromatic N) is 2. The highest BCUT2D eigenvalue weighted by atomic mass is 32.2. The molecule has 28 heavy (non-hydrogen) atoms. The minimum atomic E-state index is -0.177. The summed E-state index contributed by atoms with van der Waals surface area (Å²) in [5.74, 6) is 1.14. The van der Waals surface area contributed by atoms with Gasteiger partial charge in [0.15, 0.2) is 0 Å². The molecule has 2 heterocycles. The summed E-state index contributed by atoms with van der Waals surface area (Å²) in [7, 11) is 0. The molecule has 4 rings (SSSR count). The molecule has 0 fully saturated rings. The molecule has 5 nitrogen and oxygen atoms in total. The SMILES string of the molecule is Cc1ccc(SCc2[nH]nc3c2[C@@H](Cc2ccccc2)C(C#N)=C(N)O3)cc1. The number of hydrogen-bond donors (Lipinski definition) is 2. The van der Waals surface area contributed by atoms with Crippen LogP contribution in [-0.4, -0.2) is 10.2 Å². The Morgan fingerprint density at radius 3 is 2.64 bits per heavy atom. The predicted octanol–water partition coefficient (Wildman–Crippen LogP) is 4.42. The number of fused-ring (bicyclic) bond motifs is 1. The summed E-state index contributed by atoms with van der Waals surface area (Å²) in [6, 6.07) is 20.8. The summed E-state index contributed by atoms with van der Waals surface area (Å²) in [6.45, 7) is 2.07. The molecule has 140 valence electrons. The summed E-state index contributed by atoms with van der Waals surface area (Å²) in [6.07, 6.45) is 0.669. The molecule has 3 N–H and O–H groups in total. The van der Waals surface area contributed by atoms with Gasteiger partial charge in [0.05, 0.1) is 11.3 Å². The number of nitrogens with two attached hydrogens (primary N) is 1. The van der Waals surface area contributed by atoms with Crippen molar-refractivity contribution in [1.82, 2.24) is 10.2 Å². The lowest BCUT2D eigenvalue weighted by molar-refractivity contribution is 0.373. The quantitative estimate of drug-likeness (QED) is 0.632. The van der Waals surface area contributed by atoms with Crippen LogP contribution in [0.25, 0.3) is 0 Å². The van der Waals surface area contributed by atoms with E-state index in [1.807, 2.05) is 18.2 Å². The third kappa shape index (κ3) is 3.62. The number of nitrogens with one attached hydrogen (secondary N) is 1. The summed E-state index contributed by atoms with van der Waals surface area (Å²) < 4.78 is 5.63. The molecule has 1 aromatic heterocycles. The lowest BCUT2D eigenvalue weighted by atomic mass is 9.85. The first-order valence-corrected chi connectivity index (χ1v) is 10.0. The number of hydrogen-bond acceptors (Lipinski definition) is 5. The number of ether oxygens (including phenoxy) is 1. The number of aromatic amines is 1. The van der Waals surface area contributed by atoms with E-state index in [0.717, 1.165) is 16.8 Å². The topological polar surface area (TPSA) is 87.7 Å². The zero-order valence-corrected chi connectivity index (χ0v) is 16.3. The summed E-state index contributed by atoms with van der Waals surface area (Å²) >= 11 is 1.72. The fourth-order valence-corrected chi connectivity index (χ4v) is 4.23. The number of aryl methyl sites for hydroxylation is 1. The van der Waals surface area contributed by atoms with Crippen molar-refractivity contribution in [2.45, 2.75) is 29.9 Å². The Bertz CT molecular complexity index is 1050. The van der Waals surface area contributed by atoms with Crippen molar-refractivity contribution in [2.24, 2.45) is 5.73 Å². The number of rotatable bonds is 5. The van der Waals surface area contributed by atoms with Gasteiger partial charge in [-0.2, -0.15) is 5.26 Å². The van der Waals surface area contributed by atoms with Crippen LogP contribution in [0.15, 0.2) is 70.9 Å². The Balaban J connectivity index is 1.64. The number of allylic oxidation sites excluding steroid dienone is 1. The zero-order valence-electron chi connectivity index (χ0n) is 15.5. The second-order valence-electron chi connectivity index (χ2n) is 6.76. The molecule has 0 aliphatic carbocycles. The fourth-order valence-electron chi connectivity index (χ4n) is 3.37. The molecule has 3 aromatic rings. The van der Waals surface area contributed by atoms with Gasteiger partial charge in [0.1, 0.15) is 6.07 Å². The number of aromatic nitrogens is 2. The first-order chi connectivity index (χ1) is 13.7. The van der Waals surface area contributed by atoms with Crippen molar-refractivity contribution in [3.8, 4) is 11.9 Å². The van der Waals surface area contributed by atoms with Gasteiger partial charge in [-0.05, 0) is 31.0 Å². The standard InChI is InChI=1S/C22H20N4OS/c1-14-7-9-16(10-8-14)28-13-19-20-17(11-15-5-3-2-4-6-15)18(12-23)21(24)27-22(20)26-25-19/h2-10,17H,11,13,24H2,1H3,(H,25,26)/t17-/m0/s1. The van der Waals surface area contributed by atoms with Gasteiger partial charge in [-0.15, -0.1) is 16.9 Å². The van der Waals surface area contributed by atoms with Gasteiger partial charge in [0, 0.05) is 22.1 Å². The minimum absolute atomic E-state index is 0.139. The molecule has 6 heteroatoms. The molecule has 0 saturated heterocycles. The van der Waals surface area contributed by atoms with E-state index in [-0.39, 0.29) is 11.8 Å². The second-order valence-corrected chi connectivity index (χ2v) is 7.81. The molecule has 0 saturated carbocycles. The third-order valence-corrected chi connectivity index (χ3v) is 5.86. The zero-order chi connectivity index (χ0) is 19.5. The molecule has 0 amide bonds. The highest BCUT2D eigenvalue weighted by Crippen LogP contribution is 2.42. The molecule has 1 aliphatic rings. The largest absolute Gasteiger partial charge is 0.420 e. The summed E-state index contributed by atoms with van der Waals surface area (Å²) in [5, 5.41) is 17.1. The second kappa shape index (κ2) is 7.83. The van der Waals surface area contributed by atoms with E-state index in [1.54, 1.807) is 11.8 Å². The molecular formula is C22H20N4OS. The van der Waals surface area contributed by atoms with E-state index in [9.17, 15) is 5.26 Å². The van der Waals surface area contributed by atoms with Gasteiger partial charge < -0.3 is 10.5 Å². The van der Waals surface area contributed by atoms with Crippen molar-refractivity contribution < 1.29 is 4.74 Å². The van der Waals surface area contributed by atoms with E-state index < -0.39 is 0 Å². The number of thioether (sulfide) groups is 1. The van der Waals surface area contributed by atoms with Gasteiger partial charge in [0.2, 0.25) is 11.8 Å². The van der Waals surface area contributed by atoms with Gasteiger partial charge in [-0.1, -0.05) is 48.0 Å². The predicted molar refractivity (Wildman–Crippen MR) is 110 cm³/mol. The maximum Gasteiger partial charge on any atom is 0.243 e. The lowest BCUT2D eigenvalue weighted by Crippen LogP contribution is -2.21. The highest BCUT2D eigenvalue weighted by molar-refractivity contribution is 7.98.